The minimum Gasteiger partial charge on any atom is -0.389 e. The van der Waals surface area contributed by atoms with Crippen molar-refractivity contribution in [2.45, 2.75) is 38.8 Å². The van der Waals surface area contributed by atoms with Crippen molar-refractivity contribution in [2.75, 3.05) is 6.54 Å². The van der Waals surface area contributed by atoms with Crippen LogP contribution in [0.2, 0.25) is 0 Å². The molecule has 3 nitrogen and oxygen atoms in total. The van der Waals surface area contributed by atoms with Crippen LogP contribution in [0.3, 0.4) is 0 Å². The fraction of sp³-hybridized carbons (Fsp3) is 0.583. The summed E-state index contributed by atoms with van der Waals surface area (Å²) in [5, 5.41) is 13.4. The molecule has 1 unspecified atom stereocenters. The first-order chi connectivity index (χ1) is 6.99. The number of rotatable bonds is 5. The molecule has 0 radical (unpaired) electrons. The smallest absolute Gasteiger partial charge is 0.0783 e. The van der Waals surface area contributed by atoms with Gasteiger partial charge in [-0.1, -0.05) is 13.8 Å². The van der Waals surface area contributed by atoms with Gasteiger partial charge in [0.05, 0.1) is 5.60 Å². The SMILES string of the molecule is CC(C)NCC(C)(O)Cc1ccncc1. The Hall–Kier alpha value is -0.930. The molecule has 0 amide bonds. The van der Waals surface area contributed by atoms with Gasteiger partial charge in [-0.05, 0) is 24.6 Å². The highest BCUT2D eigenvalue weighted by Crippen LogP contribution is 2.11. The van der Waals surface area contributed by atoms with Gasteiger partial charge in [-0.3, -0.25) is 4.98 Å². The van der Waals surface area contributed by atoms with E-state index in [9.17, 15) is 5.11 Å². The Bertz CT molecular complexity index is 283. The van der Waals surface area contributed by atoms with E-state index in [-0.39, 0.29) is 0 Å². The highest BCUT2D eigenvalue weighted by molar-refractivity contribution is 5.12. The number of nitrogens with one attached hydrogen (secondary N) is 1. The van der Waals surface area contributed by atoms with E-state index >= 15 is 0 Å². The standard InChI is InChI=1S/C12H20N2O/c1-10(2)14-9-12(3,15)8-11-4-6-13-7-5-11/h4-7,10,14-15H,8-9H2,1-3H3. The van der Waals surface area contributed by atoms with E-state index in [0.717, 1.165) is 5.56 Å². The van der Waals surface area contributed by atoms with E-state index in [1.54, 1.807) is 12.4 Å². The molecule has 1 aromatic heterocycles. The topological polar surface area (TPSA) is 45.1 Å². The molecule has 1 rings (SSSR count). The molecule has 0 aromatic carbocycles. The van der Waals surface area contributed by atoms with Crippen LogP contribution in [0.5, 0.6) is 0 Å². The number of hydrogen-bond donors (Lipinski definition) is 2. The quantitative estimate of drug-likeness (QED) is 0.768. The molecule has 0 aliphatic heterocycles. The van der Waals surface area contributed by atoms with E-state index in [4.69, 9.17) is 0 Å². The van der Waals surface area contributed by atoms with E-state index in [2.05, 4.69) is 24.1 Å². The van der Waals surface area contributed by atoms with Gasteiger partial charge >= 0.3 is 0 Å². The van der Waals surface area contributed by atoms with Crippen LogP contribution in [-0.2, 0) is 6.42 Å². The van der Waals surface area contributed by atoms with Gasteiger partial charge in [-0.15, -0.1) is 0 Å². The number of nitrogens with zero attached hydrogens (tertiary/aromatic N) is 1. The van der Waals surface area contributed by atoms with Crippen LogP contribution in [0.4, 0.5) is 0 Å². The zero-order valence-corrected chi connectivity index (χ0v) is 9.70. The van der Waals surface area contributed by atoms with Gasteiger partial charge in [0.15, 0.2) is 0 Å². The largest absolute Gasteiger partial charge is 0.389 e. The molecular formula is C12H20N2O. The van der Waals surface area contributed by atoms with Crippen LogP contribution in [0.25, 0.3) is 0 Å². The summed E-state index contributed by atoms with van der Waals surface area (Å²) in [7, 11) is 0. The predicted octanol–water partition coefficient (Wildman–Crippen LogP) is 1.37. The maximum atomic E-state index is 10.1. The lowest BCUT2D eigenvalue weighted by molar-refractivity contribution is 0.0581. The molecule has 15 heavy (non-hydrogen) atoms. The minimum absolute atomic E-state index is 0.397. The van der Waals surface area contributed by atoms with Crippen LogP contribution in [0.15, 0.2) is 24.5 Å². The number of aromatic nitrogens is 1. The Morgan fingerprint density at radius 3 is 2.53 bits per heavy atom. The molecule has 84 valence electrons. The number of aliphatic hydroxyl groups is 1. The molecule has 0 aliphatic carbocycles. The summed E-state index contributed by atoms with van der Waals surface area (Å²) in [6, 6.07) is 4.27. The summed E-state index contributed by atoms with van der Waals surface area (Å²) in [6.07, 6.45) is 4.15. The van der Waals surface area contributed by atoms with E-state index in [0.29, 0.717) is 19.0 Å². The molecule has 0 bridgehead atoms. The van der Waals surface area contributed by atoms with Gasteiger partial charge in [-0.25, -0.2) is 0 Å². The summed E-state index contributed by atoms with van der Waals surface area (Å²) in [6.45, 7) is 6.60. The molecule has 0 saturated heterocycles. The van der Waals surface area contributed by atoms with Crippen LogP contribution in [0.1, 0.15) is 26.3 Å². The number of pyridine rings is 1. The molecule has 2 N–H and O–H groups in total. The predicted molar refractivity (Wildman–Crippen MR) is 61.7 cm³/mol. The van der Waals surface area contributed by atoms with Gasteiger partial charge in [-0.2, -0.15) is 0 Å². The lowest BCUT2D eigenvalue weighted by Crippen LogP contribution is -2.42. The molecule has 1 atom stereocenters. The van der Waals surface area contributed by atoms with Gasteiger partial charge in [0.1, 0.15) is 0 Å². The normalized spacial score (nSPS) is 15.3. The molecular weight excluding hydrogens is 188 g/mol. The zero-order chi connectivity index (χ0) is 11.3. The third-order valence-corrected chi connectivity index (χ3v) is 2.23. The fourth-order valence-electron chi connectivity index (χ4n) is 1.43. The molecule has 0 aliphatic rings. The average molecular weight is 208 g/mol. The molecule has 3 heteroatoms. The van der Waals surface area contributed by atoms with Crippen LogP contribution in [0, 0.1) is 0 Å². The Balaban J connectivity index is 2.49. The summed E-state index contributed by atoms with van der Waals surface area (Å²) >= 11 is 0. The van der Waals surface area contributed by atoms with Crippen molar-refractivity contribution in [3.63, 3.8) is 0 Å². The monoisotopic (exact) mass is 208 g/mol. The van der Waals surface area contributed by atoms with Crippen molar-refractivity contribution in [3.05, 3.63) is 30.1 Å². The number of hydrogen-bond acceptors (Lipinski definition) is 3. The Labute approximate surface area is 91.5 Å². The fourth-order valence-corrected chi connectivity index (χ4v) is 1.43. The van der Waals surface area contributed by atoms with Gasteiger partial charge in [0.25, 0.3) is 0 Å². The molecule has 0 spiro atoms. The zero-order valence-electron chi connectivity index (χ0n) is 9.70. The van der Waals surface area contributed by atoms with Crippen molar-refractivity contribution in [3.8, 4) is 0 Å². The third-order valence-electron chi connectivity index (χ3n) is 2.23. The molecule has 0 saturated carbocycles. The lowest BCUT2D eigenvalue weighted by atomic mass is 9.97. The molecule has 1 heterocycles. The summed E-state index contributed by atoms with van der Waals surface area (Å²) < 4.78 is 0. The second-order valence-corrected chi connectivity index (χ2v) is 4.56. The van der Waals surface area contributed by atoms with Crippen molar-refractivity contribution in [1.82, 2.24) is 10.3 Å². The van der Waals surface area contributed by atoms with Gasteiger partial charge < -0.3 is 10.4 Å². The lowest BCUT2D eigenvalue weighted by Gasteiger charge is -2.25. The Kier molecular flexibility index (Phi) is 4.24. The molecule has 1 aromatic rings. The maximum absolute atomic E-state index is 10.1. The van der Waals surface area contributed by atoms with Crippen LogP contribution < -0.4 is 5.32 Å². The second-order valence-electron chi connectivity index (χ2n) is 4.56. The van der Waals surface area contributed by atoms with E-state index < -0.39 is 5.60 Å². The Morgan fingerprint density at radius 2 is 2.00 bits per heavy atom. The average Bonchev–Trinajstić information content (AvgIpc) is 2.16. The van der Waals surface area contributed by atoms with Crippen molar-refractivity contribution in [1.29, 1.82) is 0 Å². The van der Waals surface area contributed by atoms with Crippen molar-refractivity contribution >= 4 is 0 Å². The first kappa shape index (κ1) is 12.1. The van der Waals surface area contributed by atoms with Gasteiger partial charge in [0.2, 0.25) is 0 Å². The minimum atomic E-state index is -0.703. The van der Waals surface area contributed by atoms with Crippen LogP contribution >= 0.6 is 0 Å². The van der Waals surface area contributed by atoms with Crippen LogP contribution in [-0.4, -0.2) is 28.3 Å². The second kappa shape index (κ2) is 5.24. The van der Waals surface area contributed by atoms with E-state index in [1.165, 1.54) is 0 Å². The molecule has 0 fully saturated rings. The van der Waals surface area contributed by atoms with Crippen molar-refractivity contribution in [2.24, 2.45) is 0 Å². The van der Waals surface area contributed by atoms with E-state index in [1.807, 2.05) is 19.1 Å². The van der Waals surface area contributed by atoms with Gasteiger partial charge in [0, 0.05) is 31.4 Å². The third kappa shape index (κ3) is 4.91. The maximum Gasteiger partial charge on any atom is 0.0783 e. The first-order valence-electron chi connectivity index (χ1n) is 5.34. The highest BCUT2D eigenvalue weighted by Gasteiger charge is 2.20. The Morgan fingerprint density at radius 1 is 1.40 bits per heavy atom. The summed E-state index contributed by atoms with van der Waals surface area (Å²) in [5.41, 5.74) is 0.409. The first-order valence-corrected chi connectivity index (χ1v) is 5.34. The van der Waals surface area contributed by atoms with Crippen molar-refractivity contribution < 1.29 is 5.11 Å². The summed E-state index contributed by atoms with van der Waals surface area (Å²) in [5.74, 6) is 0. The highest BCUT2D eigenvalue weighted by atomic mass is 16.3. The summed E-state index contributed by atoms with van der Waals surface area (Å²) in [4.78, 5) is 3.95.